The van der Waals surface area contributed by atoms with Gasteiger partial charge in [0.1, 0.15) is 12.4 Å². The summed E-state index contributed by atoms with van der Waals surface area (Å²) >= 11 is 0. The van der Waals surface area contributed by atoms with Crippen LogP contribution in [0.25, 0.3) is 0 Å². The smallest absolute Gasteiger partial charge is 0.407 e. The third kappa shape index (κ3) is 5.40. The Bertz CT molecular complexity index is 433. The Morgan fingerprint density at radius 1 is 1.30 bits per heavy atom. The van der Waals surface area contributed by atoms with Crippen molar-refractivity contribution in [3.8, 4) is 0 Å². The summed E-state index contributed by atoms with van der Waals surface area (Å²) in [6.07, 6.45) is -1.13. The minimum atomic E-state index is -0.897. The Kier molecular flexibility index (Phi) is 6.73. The van der Waals surface area contributed by atoms with E-state index in [2.05, 4.69) is 5.32 Å². The van der Waals surface area contributed by atoms with E-state index in [1.54, 1.807) is 13.8 Å². The van der Waals surface area contributed by atoms with Crippen LogP contribution in [0.4, 0.5) is 4.79 Å². The van der Waals surface area contributed by atoms with Crippen molar-refractivity contribution >= 4 is 11.9 Å². The number of ketones is 1. The topological polar surface area (TPSA) is 75.6 Å². The average molecular weight is 279 g/mol. The van der Waals surface area contributed by atoms with Crippen LogP contribution in [0.5, 0.6) is 0 Å². The number of nitrogens with one attached hydrogen (secondary N) is 1. The molecule has 1 rings (SSSR count). The lowest BCUT2D eigenvalue weighted by atomic mass is 9.98. The van der Waals surface area contributed by atoms with E-state index in [0.29, 0.717) is 6.42 Å². The van der Waals surface area contributed by atoms with Gasteiger partial charge in [0.05, 0.1) is 6.10 Å². The zero-order valence-corrected chi connectivity index (χ0v) is 11.8. The third-order valence-electron chi connectivity index (χ3n) is 3.10. The number of hydrogen-bond donors (Lipinski definition) is 2. The lowest BCUT2D eigenvalue weighted by Gasteiger charge is -2.17. The lowest BCUT2D eigenvalue weighted by molar-refractivity contribution is -0.125. The Morgan fingerprint density at radius 2 is 1.95 bits per heavy atom. The van der Waals surface area contributed by atoms with Crippen LogP contribution in [0, 0.1) is 5.92 Å². The average Bonchev–Trinajstić information content (AvgIpc) is 2.49. The molecule has 2 atom stereocenters. The minimum Gasteiger partial charge on any atom is -0.445 e. The van der Waals surface area contributed by atoms with E-state index in [0.717, 1.165) is 5.56 Å². The predicted molar refractivity (Wildman–Crippen MR) is 75.1 cm³/mol. The maximum absolute atomic E-state index is 11.5. The second-order valence-corrected chi connectivity index (χ2v) is 4.62. The van der Waals surface area contributed by atoms with Crippen molar-refractivity contribution < 1.29 is 19.4 Å². The van der Waals surface area contributed by atoms with Gasteiger partial charge in [-0.3, -0.25) is 4.79 Å². The van der Waals surface area contributed by atoms with Gasteiger partial charge >= 0.3 is 6.09 Å². The molecule has 5 nitrogen and oxygen atoms in total. The number of aliphatic hydroxyl groups is 1. The maximum Gasteiger partial charge on any atom is 0.407 e. The second-order valence-electron chi connectivity index (χ2n) is 4.62. The predicted octanol–water partition coefficient (Wildman–Crippen LogP) is 1.89. The molecule has 0 radical (unpaired) electrons. The summed E-state index contributed by atoms with van der Waals surface area (Å²) in [5.41, 5.74) is 0.887. The van der Waals surface area contributed by atoms with Crippen LogP contribution >= 0.6 is 0 Å². The standard InChI is InChI=1S/C15H21NO4/c1-3-13(17)11(2)14(18)9-16-15(19)20-10-12-7-5-4-6-8-12/h4-8,11,14,18H,3,9-10H2,1-2H3,(H,16,19)/t11-,14+/m1/s1. The summed E-state index contributed by atoms with van der Waals surface area (Å²) in [7, 11) is 0. The number of hydrogen-bond acceptors (Lipinski definition) is 4. The molecule has 20 heavy (non-hydrogen) atoms. The fourth-order valence-electron chi connectivity index (χ4n) is 1.68. The first-order chi connectivity index (χ1) is 9.54. The van der Waals surface area contributed by atoms with Crippen LogP contribution in [-0.4, -0.2) is 29.6 Å². The zero-order chi connectivity index (χ0) is 15.0. The summed E-state index contributed by atoms with van der Waals surface area (Å²) < 4.78 is 5.00. The quantitative estimate of drug-likeness (QED) is 0.799. The van der Waals surface area contributed by atoms with Crippen LogP contribution in [-0.2, 0) is 16.1 Å². The zero-order valence-electron chi connectivity index (χ0n) is 11.8. The summed E-state index contributed by atoms with van der Waals surface area (Å²) in [4.78, 5) is 22.9. The number of carbonyl (C=O) groups is 2. The summed E-state index contributed by atoms with van der Waals surface area (Å²) in [6, 6.07) is 9.30. The van der Waals surface area contributed by atoms with Crippen LogP contribution in [0.15, 0.2) is 30.3 Å². The first kappa shape index (κ1) is 16.2. The molecule has 2 N–H and O–H groups in total. The van der Waals surface area contributed by atoms with Crippen molar-refractivity contribution in [2.45, 2.75) is 33.0 Å². The molecule has 0 aliphatic carbocycles. The van der Waals surface area contributed by atoms with Gasteiger partial charge < -0.3 is 15.2 Å². The summed E-state index contributed by atoms with van der Waals surface area (Å²) in [6.45, 7) is 3.56. The van der Waals surface area contributed by atoms with E-state index in [4.69, 9.17) is 4.74 Å². The highest BCUT2D eigenvalue weighted by molar-refractivity contribution is 5.81. The summed E-state index contributed by atoms with van der Waals surface area (Å²) in [5.74, 6) is -0.522. The monoisotopic (exact) mass is 279 g/mol. The fraction of sp³-hybridized carbons (Fsp3) is 0.467. The Morgan fingerprint density at radius 3 is 2.55 bits per heavy atom. The first-order valence-corrected chi connectivity index (χ1v) is 6.70. The van der Waals surface area contributed by atoms with Gasteiger partial charge in [0.25, 0.3) is 0 Å². The molecule has 0 aliphatic heterocycles. The number of rotatable bonds is 7. The highest BCUT2D eigenvalue weighted by Gasteiger charge is 2.21. The van der Waals surface area contributed by atoms with E-state index in [1.807, 2.05) is 30.3 Å². The van der Waals surface area contributed by atoms with Gasteiger partial charge in [0.15, 0.2) is 0 Å². The van der Waals surface area contributed by atoms with E-state index < -0.39 is 18.1 Å². The number of ether oxygens (including phenoxy) is 1. The van der Waals surface area contributed by atoms with Gasteiger partial charge in [-0.1, -0.05) is 44.2 Å². The molecule has 0 aliphatic rings. The molecule has 110 valence electrons. The van der Waals surface area contributed by atoms with Gasteiger partial charge in [0.2, 0.25) is 0 Å². The normalized spacial score (nSPS) is 13.3. The minimum absolute atomic E-state index is 0.000525. The number of aliphatic hydroxyl groups excluding tert-OH is 1. The van der Waals surface area contributed by atoms with E-state index in [-0.39, 0.29) is 18.9 Å². The van der Waals surface area contributed by atoms with Crippen molar-refractivity contribution in [2.75, 3.05) is 6.54 Å². The number of amides is 1. The van der Waals surface area contributed by atoms with Gasteiger partial charge in [0, 0.05) is 18.9 Å². The number of alkyl carbamates (subject to hydrolysis) is 1. The molecule has 5 heteroatoms. The number of benzene rings is 1. The fourth-order valence-corrected chi connectivity index (χ4v) is 1.68. The largest absolute Gasteiger partial charge is 0.445 e. The molecule has 0 saturated heterocycles. The van der Waals surface area contributed by atoms with Crippen molar-refractivity contribution in [3.05, 3.63) is 35.9 Å². The SMILES string of the molecule is CCC(=O)[C@@H](C)[C@@H](O)CNC(=O)OCc1ccccc1. The van der Waals surface area contributed by atoms with Crippen molar-refractivity contribution in [3.63, 3.8) is 0 Å². The van der Waals surface area contributed by atoms with Gasteiger partial charge in [-0.15, -0.1) is 0 Å². The number of carbonyl (C=O) groups excluding carboxylic acids is 2. The molecule has 0 fully saturated rings. The van der Waals surface area contributed by atoms with Crippen LogP contribution < -0.4 is 5.32 Å². The highest BCUT2D eigenvalue weighted by atomic mass is 16.5. The van der Waals surface area contributed by atoms with Crippen molar-refractivity contribution in [1.82, 2.24) is 5.32 Å². The molecular weight excluding hydrogens is 258 g/mol. The lowest BCUT2D eigenvalue weighted by Crippen LogP contribution is -2.38. The second kappa shape index (κ2) is 8.32. The maximum atomic E-state index is 11.5. The molecule has 0 aromatic heterocycles. The van der Waals surface area contributed by atoms with Crippen LogP contribution in [0.2, 0.25) is 0 Å². The third-order valence-corrected chi connectivity index (χ3v) is 3.10. The Balaban J connectivity index is 2.28. The molecule has 1 amide bonds. The molecule has 0 spiro atoms. The summed E-state index contributed by atoms with van der Waals surface area (Å²) in [5, 5.41) is 12.2. The van der Waals surface area contributed by atoms with E-state index in [1.165, 1.54) is 0 Å². The van der Waals surface area contributed by atoms with Gasteiger partial charge in [-0.2, -0.15) is 0 Å². The molecule has 0 bridgehead atoms. The Labute approximate surface area is 118 Å². The van der Waals surface area contributed by atoms with Gasteiger partial charge in [-0.05, 0) is 5.56 Å². The van der Waals surface area contributed by atoms with E-state index in [9.17, 15) is 14.7 Å². The highest BCUT2D eigenvalue weighted by Crippen LogP contribution is 2.06. The van der Waals surface area contributed by atoms with Crippen LogP contribution in [0.1, 0.15) is 25.8 Å². The van der Waals surface area contributed by atoms with Crippen molar-refractivity contribution in [2.24, 2.45) is 5.92 Å². The van der Waals surface area contributed by atoms with E-state index >= 15 is 0 Å². The molecule has 1 aromatic rings. The first-order valence-electron chi connectivity index (χ1n) is 6.70. The van der Waals surface area contributed by atoms with Gasteiger partial charge in [-0.25, -0.2) is 4.79 Å². The molecule has 1 aromatic carbocycles. The molecular formula is C15H21NO4. The molecule has 0 heterocycles. The Hall–Kier alpha value is -1.88. The van der Waals surface area contributed by atoms with Crippen LogP contribution in [0.3, 0.4) is 0 Å². The molecule has 0 unspecified atom stereocenters. The number of Topliss-reactive ketones (excluding diaryl/α,β-unsaturated/α-hetero) is 1. The van der Waals surface area contributed by atoms with Crippen molar-refractivity contribution in [1.29, 1.82) is 0 Å². The molecule has 0 saturated carbocycles.